The highest BCUT2D eigenvalue weighted by molar-refractivity contribution is 8.00. The molecule has 0 fully saturated rings. The molecule has 0 aromatic heterocycles. The second-order valence-corrected chi connectivity index (χ2v) is 11.7. The number of hydrogen-bond donors (Lipinski definition) is 3. The summed E-state index contributed by atoms with van der Waals surface area (Å²) < 4.78 is 10.2. The molecule has 3 amide bonds. The van der Waals surface area contributed by atoms with Gasteiger partial charge in [0, 0.05) is 16.1 Å². The maximum absolute atomic E-state index is 13.7. The highest BCUT2D eigenvalue weighted by Gasteiger charge is 2.24. The first-order valence-corrected chi connectivity index (χ1v) is 16.1. The molecule has 5 aromatic rings. The molecule has 246 valence electrons. The number of esters is 1. The van der Waals surface area contributed by atoms with E-state index >= 15 is 0 Å². The molecule has 0 aliphatic carbocycles. The number of anilines is 2. The maximum atomic E-state index is 13.7. The van der Waals surface area contributed by atoms with Crippen molar-refractivity contribution in [1.29, 1.82) is 0 Å². The van der Waals surface area contributed by atoms with Crippen molar-refractivity contribution >= 4 is 52.9 Å². The van der Waals surface area contributed by atoms with E-state index in [4.69, 9.17) is 9.47 Å². The van der Waals surface area contributed by atoms with Crippen LogP contribution in [0.15, 0.2) is 144 Å². The van der Waals surface area contributed by atoms with Crippen molar-refractivity contribution in [3.63, 3.8) is 0 Å². The molecule has 0 heterocycles. The molecule has 5 rings (SSSR count). The topological polar surface area (TPSA) is 123 Å². The first-order valence-electron chi connectivity index (χ1n) is 15.2. The normalized spacial score (nSPS) is 11.5. The van der Waals surface area contributed by atoms with Gasteiger partial charge < -0.3 is 25.4 Å². The molecule has 0 saturated heterocycles. The Labute approximate surface area is 288 Å². The highest BCUT2D eigenvalue weighted by Crippen LogP contribution is 2.37. The van der Waals surface area contributed by atoms with E-state index < -0.39 is 23.0 Å². The Bertz CT molecular complexity index is 1960. The Morgan fingerprint density at radius 2 is 1.39 bits per heavy atom. The van der Waals surface area contributed by atoms with Crippen LogP contribution in [-0.4, -0.2) is 37.9 Å². The molecule has 9 nitrogen and oxygen atoms in total. The fourth-order valence-corrected chi connectivity index (χ4v) is 5.80. The van der Waals surface area contributed by atoms with E-state index in [0.29, 0.717) is 28.3 Å². The van der Waals surface area contributed by atoms with Gasteiger partial charge in [0.25, 0.3) is 11.8 Å². The summed E-state index contributed by atoms with van der Waals surface area (Å²) in [5, 5.41) is 7.80. The smallest absolute Gasteiger partial charge is 0.339 e. The minimum absolute atomic E-state index is 0.0357. The Kier molecular flexibility index (Phi) is 11.6. The third-order valence-electron chi connectivity index (χ3n) is 7.23. The molecule has 0 bridgehead atoms. The van der Waals surface area contributed by atoms with E-state index in [1.807, 2.05) is 30.3 Å². The van der Waals surface area contributed by atoms with Gasteiger partial charge in [-0.3, -0.25) is 14.4 Å². The van der Waals surface area contributed by atoms with Crippen molar-refractivity contribution in [2.45, 2.75) is 10.1 Å². The van der Waals surface area contributed by atoms with Gasteiger partial charge in [-0.1, -0.05) is 72.8 Å². The molecule has 5 aromatic carbocycles. The highest BCUT2D eigenvalue weighted by atomic mass is 32.2. The maximum Gasteiger partial charge on any atom is 0.339 e. The summed E-state index contributed by atoms with van der Waals surface area (Å²) in [6.45, 7) is 0. The number of benzene rings is 5. The summed E-state index contributed by atoms with van der Waals surface area (Å²) in [6, 6.07) is 38.7. The lowest BCUT2D eigenvalue weighted by molar-refractivity contribution is -0.116. The predicted octanol–water partition coefficient (Wildman–Crippen LogP) is 7.36. The zero-order valence-corrected chi connectivity index (χ0v) is 27.5. The van der Waals surface area contributed by atoms with Crippen molar-refractivity contribution in [3.05, 3.63) is 161 Å². The predicted molar refractivity (Wildman–Crippen MR) is 191 cm³/mol. The molecule has 0 spiro atoms. The number of hydrogen-bond acceptors (Lipinski definition) is 7. The number of amides is 3. The van der Waals surface area contributed by atoms with Crippen molar-refractivity contribution in [2.24, 2.45) is 0 Å². The Balaban J connectivity index is 1.34. The largest absolute Gasteiger partial charge is 0.497 e. The van der Waals surface area contributed by atoms with Crippen molar-refractivity contribution in [2.75, 3.05) is 24.9 Å². The van der Waals surface area contributed by atoms with Gasteiger partial charge in [0.2, 0.25) is 5.91 Å². The SMILES string of the molecule is COC(=O)c1ccccc1NC(=O)C(Sc1ccc(NC(=O)/C(=C/c2cccc(OC)c2)NC(=O)c2ccccc2)cc1)c1ccccc1. The van der Waals surface area contributed by atoms with Crippen LogP contribution >= 0.6 is 11.8 Å². The van der Waals surface area contributed by atoms with Crippen molar-refractivity contribution in [1.82, 2.24) is 5.32 Å². The van der Waals surface area contributed by atoms with Crippen LogP contribution in [0.3, 0.4) is 0 Å². The third kappa shape index (κ3) is 9.24. The summed E-state index contributed by atoms with van der Waals surface area (Å²) in [4.78, 5) is 53.3. The molecule has 3 N–H and O–H groups in total. The Morgan fingerprint density at radius 3 is 2.08 bits per heavy atom. The zero-order chi connectivity index (χ0) is 34.6. The number of carbonyl (C=O) groups is 4. The van der Waals surface area contributed by atoms with Crippen LogP contribution in [-0.2, 0) is 14.3 Å². The molecule has 0 aliphatic rings. The number of ether oxygens (including phenoxy) is 2. The van der Waals surface area contributed by atoms with E-state index in [1.165, 1.54) is 18.9 Å². The van der Waals surface area contributed by atoms with Gasteiger partial charge in [-0.15, -0.1) is 11.8 Å². The number of carbonyl (C=O) groups excluding carboxylic acids is 4. The molecule has 0 aliphatic heterocycles. The number of nitrogens with one attached hydrogen (secondary N) is 3. The second kappa shape index (κ2) is 16.6. The van der Waals surface area contributed by atoms with Gasteiger partial charge in [0.05, 0.1) is 25.5 Å². The minimum Gasteiger partial charge on any atom is -0.497 e. The van der Waals surface area contributed by atoms with Crippen molar-refractivity contribution < 1.29 is 28.7 Å². The first kappa shape index (κ1) is 34.2. The average molecular weight is 672 g/mol. The molecule has 49 heavy (non-hydrogen) atoms. The molecule has 1 unspecified atom stereocenters. The van der Waals surface area contributed by atoms with Crippen LogP contribution in [0.1, 0.15) is 37.1 Å². The molecule has 1 atom stereocenters. The van der Waals surface area contributed by atoms with Gasteiger partial charge >= 0.3 is 5.97 Å². The summed E-state index contributed by atoms with van der Waals surface area (Å²) in [5.41, 5.74) is 2.93. The minimum atomic E-state index is -0.669. The quantitative estimate of drug-likeness (QED) is 0.0720. The van der Waals surface area contributed by atoms with Gasteiger partial charge in [-0.25, -0.2) is 4.79 Å². The van der Waals surface area contributed by atoms with Gasteiger partial charge in [-0.05, 0) is 77.9 Å². The van der Waals surface area contributed by atoms with Gasteiger partial charge in [0.1, 0.15) is 16.7 Å². The van der Waals surface area contributed by atoms with Crippen LogP contribution in [0.4, 0.5) is 11.4 Å². The molecular weight excluding hydrogens is 639 g/mol. The van der Waals surface area contributed by atoms with Crippen molar-refractivity contribution in [3.8, 4) is 5.75 Å². The molecule has 0 saturated carbocycles. The van der Waals surface area contributed by atoms with Crippen LogP contribution in [0, 0.1) is 0 Å². The van der Waals surface area contributed by atoms with Gasteiger partial charge in [-0.2, -0.15) is 0 Å². The molecule has 0 radical (unpaired) electrons. The Morgan fingerprint density at radius 1 is 0.714 bits per heavy atom. The fourth-order valence-electron chi connectivity index (χ4n) is 4.77. The molecule has 10 heteroatoms. The summed E-state index contributed by atoms with van der Waals surface area (Å²) >= 11 is 1.31. The lowest BCUT2D eigenvalue weighted by atomic mass is 10.1. The Hall–Kier alpha value is -6.13. The van der Waals surface area contributed by atoms with E-state index in [1.54, 1.807) is 116 Å². The number of para-hydroxylation sites is 1. The fraction of sp³-hybridized carbons (Fsp3) is 0.0769. The molecular formula is C39H33N3O6S. The standard InChI is InChI=1S/C39H33N3O6S/c1-47-30-17-11-12-26(24-30)25-34(42-36(43)28-15-7-4-8-16-28)37(44)40-29-20-22-31(23-21-29)49-35(27-13-5-3-6-14-27)38(45)41-33-19-10-9-18-32(33)39(46)48-2/h3-25,35H,1-2H3,(H,40,44)(H,41,45)(H,42,43)/b34-25-. The summed E-state index contributed by atoms with van der Waals surface area (Å²) in [7, 11) is 2.84. The number of rotatable bonds is 12. The number of thioether (sulfide) groups is 1. The van der Waals surface area contributed by atoms with E-state index in [9.17, 15) is 19.2 Å². The lowest BCUT2D eigenvalue weighted by Gasteiger charge is -2.18. The zero-order valence-electron chi connectivity index (χ0n) is 26.7. The van der Waals surface area contributed by atoms with Crippen LogP contribution < -0.4 is 20.7 Å². The summed E-state index contributed by atoms with van der Waals surface area (Å²) in [6.07, 6.45) is 1.57. The monoisotopic (exact) mass is 671 g/mol. The number of methoxy groups -OCH3 is 2. The second-order valence-electron chi connectivity index (χ2n) is 10.6. The third-order valence-corrected chi connectivity index (χ3v) is 8.50. The van der Waals surface area contributed by atoms with Crippen LogP contribution in [0.2, 0.25) is 0 Å². The summed E-state index contributed by atoms with van der Waals surface area (Å²) in [5.74, 6) is -1.24. The lowest BCUT2D eigenvalue weighted by Crippen LogP contribution is -2.30. The van der Waals surface area contributed by atoms with E-state index in [2.05, 4.69) is 16.0 Å². The van der Waals surface area contributed by atoms with Gasteiger partial charge in [0.15, 0.2) is 0 Å². The average Bonchev–Trinajstić information content (AvgIpc) is 3.14. The van der Waals surface area contributed by atoms with Crippen LogP contribution in [0.25, 0.3) is 6.08 Å². The van der Waals surface area contributed by atoms with E-state index in [0.717, 1.165) is 10.5 Å². The first-order chi connectivity index (χ1) is 23.8. The van der Waals surface area contributed by atoms with Crippen LogP contribution in [0.5, 0.6) is 5.75 Å². The van der Waals surface area contributed by atoms with E-state index in [-0.39, 0.29) is 17.2 Å².